The number of aliphatic hydroxyl groups is 1. The Labute approximate surface area is 107 Å². The third kappa shape index (κ3) is 2.59. The molecule has 0 aliphatic heterocycles. The number of rotatable bonds is 3. The van der Waals surface area contributed by atoms with Gasteiger partial charge in [-0.15, -0.1) is 0 Å². The van der Waals surface area contributed by atoms with E-state index in [1.807, 2.05) is 31.2 Å². The fraction of sp³-hybridized carbons (Fsp3) is 0.250. The van der Waals surface area contributed by atoms with Gasteiger partial charge in [-0.25, -0.2) is 4.39 Å². The maximum Gasteiger partial charge on any atom is 0.123 e. The van der Waals surface area contributed by atoms with Crippen molar-refractivity contribution in [2.45, 2.75) is 26.4 Å². The molecule has 0 fully saturated rings. The predicted octanol–water partition coefficient (Wildman–Crippen LogP) is 3.78. The van der Waals surface area contributed by atoms with Crippen LogP contribution in [0.15, 0.2) is 42.5 Å². The Morgan fingerprint density at radius 3 is 2.61 bits per heavy atom. The molecule has 0 bridgehead atoms. The predicted molar refractivity (Wildman–Crippen MR) is 71.0 cm³/mol. The Morgan fingerprint density at radius 1 is 1.17 bits per heavy atom. The molecular weight excluding hydrogens is 227 g/mol. The van der Waals surface area contributed by atoms with Gasteiger partial charge in [-0.3, -0.25) is 0 Å². The fourth-order valence-electron chi connectivity index (χ4n) is 2.11. The Kier molecular flexibility index (Phi) is 3.78. The van der Waals surface area contributed by atoms with Crippen LogP contribution in [0.25, 0.3) is 0 Å². The minimum atomic E-state index is -0.697. The van der Waals surface area contributed by atoms with Crippen molar-refractivity contribution in [3.63, 3.8) is 0 Å². The van der Waals surface area contributed by atoms with Crippen LogP contribution >= 0.6 is 0 Å². The highest BCUT2D eigenvalue weighted by Crippen LogP contribution is 2.25. The van der Waals surface area contributed by atoms with E-state index in [2.05, 4.69) is 6.92 Å². The molecule has 0 aliphatic rings. The molecule has 0 amide bonds. The standard InChI is InChI=1S/C16H17FO/c1-3-12-5-4-6-13(10-12)16(18)15-8-7-14(17)9-11(15)2/h4-10,16,18H,3H2,1-2H3. The summed E-state index contributed by atoms with van der Waals surface area (Å²) in [5, 5.41) is 10.4. The van der Waals surface area contributed by atoms with Crippen LogP contribution in [-0.4, -0.2) is 5.11 Å². The first-order chi connectivity index (χ1) is 8.61. The maximum absolute atomic E-state index is 13.1. The Morgan fingerprint density at radius 2 is 1.94 bits per heavy atom. The van der Waals surface area contributed by atoms with E-state index >= 15 is 0 Å². The van der Waals surface area contributed by atoms with Crippen LogP contribution in [0, 0.1) is 12.7 Å². The summed E-state index contributed by atoms with van der Waals surface area (Å²) >= 11 is 0. The van der Waals surface area contributed by atoms with Crippen molar-refractivity contribution in [3.05, 3.63) is 70.5 Å². The molecule has 2 aromatic carbocycles. The van der Waals surface area contributed by atoms with Gasteiger partial charge in [0, 0.05) is 0 Å². The molecular formula is C16H17FO. The molecule has 2 rings (SSSR count). The zero-order chi connectivity index (χ0) is 13.1. The summed E-state index contributed by atoms with van der Waals surface area (Å²) in [6.45, 7) is 3.89. The Hall–Kier alpha value is -1.67. The summed E-state index contributed by atoms with van der Waals surface area (Å²) in [6, 6.07) is 12.3. The molecule has 0 aromatic heterocycles. The molecule has 0 saturated carbocycles. The summed E-state index contributed by atoms with van der Waals surface area (Å²) in [7, 11) is 0. The van der Waals surface area contributed by atoms with Crippen LogP contribution in [-0.2, 0) is 6.42 Å². The van der Waals surface area contributed by atoms with Gasteiger partial charge in [0.15, 0.2) is 0 Å². The number of hydrogen-bond acceptors (Lipinski definition) is 1. The van der Waals surface area contributed by atoms with Gasteiger partial charge >= 0.3 is 0 Å². The Balaban J connectivity index is 2.37. The second-order valence-electron chi connectivity index (χ2n) is 4.50. The van der Waals surface area contributed by atoms with Gasteiger partial charge in [-0.1, -0.05) is 37.3 Å². The van der Waals surface area contributed by atoms with E-state index in [1.54, 1.807) is 6.07 Å². The zero-order valence-electron chi connectivity index (χ0n) is 10.7. The average Bonchev–Trinajstić information content (AvgIpc) is 2.38. The van der Waals surface area contributed by atoms with E-state index in [0.717, 1.165) is 23.1 Å². The summed E-state index contributed by atoms with van der Waals surface area (Å²) in [4.78, 5) is 0. The van der Waals surface area contributed by atoms with Crippen LogP contribution < -0.4 is 0 Å². The van der Waals surface area contributed by atoms with Crippen LogP contribution in [0.4, 0.5) is 4.39 Å². The largest absolute Gasteiger partial charge is 0.384 e. The third-order valence-corrected chi connectivity index (χ3v) is 3.20. The van der Waals surface area contributed by atoms with E-state index < -0.39 is 6.10 Å². The molecule has 0 heterocycles. The number of aryl methyl sites for hydroxylation is 2. The highest BCUT2D eigenvalue weighted by atomic mass is 19.1. The topological polar surface area (TPSA) is 20.2 Å². The van der Waals surface area contributed by atoms with E-state index in [1.165, 1.54) is 17.7 Å². The van der Waals surface area contributed by atoms with Gasteiger partial charge in [0.1, 0.15) is 11.9 Å². The summed E-state index contributed by atoms with van der Waals surface area (Å²) in [5.74, 6) is -0.272. The van der Waals surface area contributed by atoms with Gasteiger partial charge < -0.3 is 5.11 Å². The molecule has 18 heavy (non-hydrogen) atoms. The molecule has 1 N–H and O–H groups in total. The van der Waals surface area contributed by atoms with Crippen molar-refractivity contribution in [1.29, 1.82) is 0 Å². The van der Waals surface area contributed by atoms with Crippen molar-refractivity contribution in [3.8, 4) is 0 Å². The SMILES string of the molecule is CCc1cccc(C(O)c2ccc(F)cc2C)c1. The molecule has 2 aromatic rings. The van der Waals surface area contributed by atoms with E-state index in [-0.39, 0.29) is 5.82 Å². The minimum Gasteiger partial charge on any atom is -0.384 e. The average molecular weight is 244 g/mol. The molecule has 0 spiro atoms. The molecule has 1 nitrogen and oxygen atoms in total. The van der Waals surface area contributed by atoms with E-state index in [4.69, 9.17) is 0 Å². The third-order valence-electron chi connectivity index (χ3n) is 3.20. The van der Waals surface area contributed by atoms with E-state index in [0.29, 0.717) is 0 Å². The highest BCUT2D eigenvalue weighted by molar-refractivity contribution is 5.37. The van der Waals surface area contributed by atoms with Crippen molar-refractivity contribution in [1.82, 2.24) is 0 Å². The van der Waals surface area contributed by atoms with Crippen molar-refractivity contribution in [2.75, 3.05) is 0 Å². The monoisotopic (exact) mass is 244 g/mol. The normalized spacial score (nSPS) is 12.4. The van der Waals surface area contributed by atoms with E-state index in [9.17, 15) is 9.50 Å². The van der Waals surface area contributed by atoms with Gasteiger partial charge in [0.25, 0.3) is 0 Å². The van der Waals surface area contributed by atoms with Crippen LogP contribution in [0.1, 0.15) is 35.3 Å². The lowest BCUT2D eigenvalue weighted by Crippen LogP contribution is -2.03. The quantitative estimate of drug-likeness (QED) is 0.871. The molecule has 0 aliphatic carbocycles. The lowest BCUT2D eigenvalue weighted by molar-refractivity contribution is 0.219. The van der Waals surface area contributed by atoms with Crippen molar-refractivity contribution < 1.29 is 9.50 Å². The number of aliphatic hydroxyl groups excluding tert-OH is 1. The van der Waals surface area contributed by atoms with Crippen LogP contribution in [0.2, 0.25) is 0 Å². The molecule has 1 atom stereocenters. The fourth-order valence-corrected chi connectivity index (χ4v) is 2.11. The van der Waals surface area contributed by atoms with Crippen molar-refractivity contribution in [2.24, 2.45) is 0 Å². The lowest BCUT2D eigenvalue weighted by atomic mass is 9.96. The summed E-state index contributed by atoms with van der Waals surface area (Å²) in [6.07, 6.45) is 0.236. The van der Waals surface area contributed by atoms with Gasteiger partial charge in [-0.05, 0) is 47.7 Å². The summed E-state index contributed by atoms with van der Waals surface area (Å²) in [5.41, 5.74) is 3.56. The molecule has 0 saturated heterocycles. The van der Waals surface area contributed by atoms with Crippen LogP contribution in [0.5, 0.6) is 0 Å². The zero-order valence-corrected chi connectivity index (χ0v) is 10.7. The first-order valence-corrected chi connectivity index (χ1v) is 6.14. The maximum atomic E-state index is 13.1. The number of benzene rings is 2. The van der Waals surface area contributed by atoms with Gasteiger partial charge in [-0.2, -0.15) is 0 Å². The van der Waals surface area contributed by atoms with Gasteiger partial charge in [0.05, 0.1) is 0 Å². The number of hydrogen-bond donors (Lipinski definition) is 1. The lowest BCUT2D eigenvalue weighted by Gasteiger charge is -2.15. The smallest absolute Gasteiger partial charge is 0.123 e. The first-order valence-electron chi connectivity index (χ1n) is 6.14. The number of halogens is 1. The summed E-state index contributed by atoms with van der Waals surface area (Å²) < 4.78 is 13.1. The second kappa shape index (κ2) is 5.32. The molecule has 94 valence electrons. The second-order valence-corrected chi connectivity index (χ2v) is 4.50. The minimum absolute atomic E-state index is 0.272. The Bertz CT molecular complexity index is 549. The first kappa shape index (κ1) is 12.8. The molecule has 1 unspecified atom stereocenters. The van der Waals surface area contributed by atoms with Crippen molar-refractivity contribution >= 4 is 0 Å². The van der Waals surface area contributed by atoms with Gasteiger partial charge in [0.2, 0.25) is 0 Å². The molecule has 2 heteroatoms. The van der Waals surface area contributed by atoms with Crippen LogP contribution in [0.3, 0.4) is 0 Å². The molecule has 0 radical (unpaired) electrons. The highest BCUT2D eigenvalue weighted by Gasteiger charge is 2.13.